The van der Waals surface area contributed by atoms with Gasteiger partial charge in [0.1, 0.15) is 5.82 Å². The Morgan fingerprint density at radius 1 is 1.45 bits per heavy atom. The van der Waals surface area contributed by atoms with Crippen molar-refractivity contribution in [1.82, 2.24) is 10.3 Å². The van der Waals surface area contributed by atoms with Crippen LogP contribution < -0.4 is 16.4 Å². The van der Waals surface area contributed by atoms with E-state index in [0.29, 0.717) is 25.2 Å². The number of hydrogen-bond donors (Lipinski definition) is 3. The first-order valence-electron chi connectivity index (χ1n) is 6.40. The van der Waals surface area contributed by atoms with Gasteiger partial charge >= 0.3 is 0 Å². The molecule has 0 bridgehead atoms. The zero-order chi connectivity index (χ0) is 14.4. The maximum Gasteiger partial charge on any atom is 0.225 e. The number of aromatic nitrogens is 1. The first-order valence-corrected chi connectivity index (χ1v) is 7.28. The fourth-order valence-electron chi connectivity index (χ4n) is 1.80. The maximum absolute atomic E-state index is 11.7. The van der Waals surface area contributed by atoms with E-state index >= 15 is 0 Å². The van der Waals surface area contributed by atoms with Crippen molar-refractivity contribution < 1.29 is 4.79 Å². The summed E-state index contributed by atoms with van der Waals surface area (Å²) in [6.45, 7) is 3.14. The zero-order valence-electron chi connectivity index (χ0n) is 11.3. The standard InChI is InChI=1S/C14H18N4OS/c1-10-7-11(15)9-18-14(10)17-5-4-16-13(19)8-12-3-2-6-20-12/h2-3,6-7,9H,4-5,8,15H2,1H3,(H,16,19)(H,17,18). The van der Waals surface area contributed by atoms with Gasteiger partial charge in [0.15, 0.2) is 0 Å². The van der Waals surface area contributed by atoms with Crippen LogP contribution in [-0.2, 0) is 11.2 Å². The van der Waals surface area contributed by atoms with Gasteiger partial charge in [-0.1, -0.05) is 6.07 Å². The average Bonchev–Trinajstić information content (AvgIpc) is 2.89. The van der Waals surface area contributed by atoms with E-state index in [1.807, 2.05) is 30.5 Å². The molecule has 0 saturated carbocycles. The van der Waals surface area contributed by atoms with Gasteiger partial charge in [-0.2, -0.15) is 0 Å². The quantitative estimate of drug-likeness (QED) is 0.709. The smallest absolute Gasteiger partial charge is 0.225 e. The Morgan fingerprint density at radius 3 is 3.00 bits per heavy atom. The molecular weight excluding hydrogens is 272 g/mol. The van der Waals surface area contributed by atoms with Gasteiger partial charge in [-0.25, -0.2) is 4.98 Å². The monoisotopic (exact) mass is 290 g/mol. The Morgan fingerprint density at radius 2 is 2.30 bits per heavy atom. The third-order valence-electron chi connectivity index (χ3n) is 2.75. The SMILES string of the molecule is Cc1cc(N)cnc1NCCNC(=O)Cc1cccs1. The van der Waals surface area contributed by atoms with Crippen LogP contribution in [0.1, 0.15) is 10.4 Å². The Hall–Kier alpha value is -2.08. The summed E-state index contributed by atoms with van der Waals surface area (Å²) in [7, 11) is 0. The first-order chi connectivity index (χ1) is 9.65. The second-order valence-corrected chi connectivity index (χ2v) is 5.50. The highest BCUT2D eigenvalue weighted by atomic mass is 32.1. The minimum absolute atomic E-state index is 0.0382. The molecule has 2 heterocycles. The number of hydrogen-bond acceptors (Lipinski definition) is 5. The lowest BCUT2D eigenvalue weighted by molar-refractivity contribution is -0.120. The fourth-order valence-corrected chi connectivity index (χ4v) is 2.50. The lowest BCUT2D eigenvalue weighted by Crippen LogP contribution is -2.30. The molecule has 5 nitrogen and oxygen atoms in total. The largest absolute Gasteiger partial charge is 0.397 e. The van der Waals surface area contributed by atoms with Crippen LogP contribution in [0.5, 0.6) is 0 Å². The van der Waals surface area contributed by atoms with Crippen LogP contribution in [0.25, 0.3) is 0 Å². The van der Waals surface area contributed by atoms with Crippen LogP contribution in [0.3, 0.4) is 0 Å². The Labute approximate surface area is 122 Å². The van der Waals surface area contributed by atoms with Crippen molar-refractivity contribution in [2.24, 2.45) is 0 Å². The maximum atomic E-state index is 11.7. The van der Waals surface area contributed by atoms with Crippen LogP contribution in [0.2, 0.25) is 0 Å². The molecular formula is C14H18N4OS. The van der Waals surface area contributed by atoms with Crippen molar-refractivity contribution in [3.05, 3.63) is 40.2 Å². The van der Waals surface area contributed by atoms with Gasteiger partial charge in [-0.05, 0) is 30.0 Å². The zero-order valence-corrected chi connectivity index (χ0v) is 12.2. The van der Waals surface area contributed by atoms with Crippen molar-refractivity contribution in [2.75, 3.05) is 24.1 Å². The van der Waals surface area contributed by atoms with E-state index in [1.54, 1.807) is 17.5 Å². The average molecular weight is 290 g/mol. The van der Waals surface area contributed by atoms with E-state index in [4.69, 9.17) is 5.73 Å². The van der Waals surface area contributed by atoms with Gasteiger partial charge in [0, 0.05) is 18.0 Å². The minimum atomic E-state index is 0.0382. The van der Waals surface area contributed by atoms with E-state index in [2.05, 4.69) is 15.6 Å². The van der Waals surface area contributed by atoms with E-state index in [-0.39, 0.29) is 5.91 Å². The molecule has 0 fully saturated rings. The number of amides is 1. The van der Waals surface area contributed by atoms with Crippen molar-refractivity contribution in [1.29, 1.82) is 0 Å². The van der Waals surface area contributed by atoms with Gasteiger partial charge in [-0.15, -0.1) is 11.3 Å². The highest BCUT2D eigenvalue weighted by Gasteiger charge is 2.04. The van der Waals surface area contributed by atoms with E-state index in [1.165, 1.54) is 0 Å². The summed E-state index contributed by atoms with van der Waals surface area (Å²) in [5, 5.41) is 8.02. The summed E-state index contributed by atoms with van der Waals surface area (Å²) in [6.07, 6.45) is 2.06. The molecule has 0 aliphatic carbocycles. The van der Waals surface area contributed by atoms with Crippen LogP contribution in [0.4, 0.5) is 11.5 Å². The topological polar surface area (TPSA) is 80.0 Å². The molecule has 2 aromatic rings. The lowest BCUT2D eigenvalue weighted by atomic mass is 10.2. The van der Waals surface area contributed by atoms with Crippen molar-refractivity contribution in [2.45, 2.75) is 13.3 Å². The van der Waals surface area contributed by atoms with Gasteiger partial charge in [0.25, 0.3) is 0 Å². The summed E-state index contributed by atoms with van der Waals surface area (Å²) in [5.41, 5.74) is 7.29. The number of nitrogen functional groups attached to an aromatic ring is 1. The number of thiophene rings is 1. The molecule has 1 amide bonds. The Balaban J connectivity index is 1.69. The summed E-state index contributed by atoms with van der Waals surface area (Å²) in [6, 6.07) is 5.78. The third kappa shape index (κ3) is 4.24. The number of anilines is 2. The molecule has 0 unspecified atom stereocenters. The highest BCUT2D eigenvalue weighted by molar-refractivity contribution is 7.10. The molecule has 0 aliphatic rings. The number of nitrogens with one attached hydrogen (secondary N) is 2. The Kier molecular flexibility index (Phi) is 4.95. The number of rotatable bonds is 6. The van der Waals surface area contributed by atoms with Crippen molar-refractivity contribution >= 4 is 28.7 Å². The number of aryl methyl sites for hydroxylation is 1. The number of carbonyl (C=O) groups is 1. The molecule has 2 rings (SSSR count). The van der Waals surface area contributed by atoms with Crippen molar-refractivity contribution in [3.63, 3.8) is 0 Å². The lowest BCUT2D eigenvalue weighted by Gasteiger charge is -2.09. The van der Waals surface area contributed by atoms with E-state index in [0.717, 1.165) is 16.3 Å². The highest BCUT2D eigenvalue weighted by Crippen LogP contribution is 2.13. The molecule has 0 atom stereocenters. The van der Waals surface area contributed by atoms with Crippen LogP contribution in [-0.4, -0.2) is 24.0 Å². The number of nitrogens with zero attached hydrogens (tertiary/aromatic N) is 1. The molecule has 2 aromatic heterocycles. The molecule has 0 aromatic carbocycles. The second kappa shape index (κ2) is 6.91. The van der Waals surface area contributed by atoms with Crippen molar-refractivity contribution in [3.8, 4) is 0 Å². The number of nitrogens with two attached hydrogens (primary N) is 1. The molecule has 4 N–H and O–H groups in total. The van der Waals surface area contributed by atoms with Crippen LogP contribution in [0, 0.1) is 6.92 Å². The van der Waals surface area contributed by atoms with Gasteiger partial charge in [0.05, 0.1) is 18.3 Å². The summed E-state index contributed by atoms with van der Waals surface area (Å²) < 4.78 is 0. The minimum Gasteiger partial charge on any atom is -0.397 e. The predicted octanol–water partition coefficient (Wildman–Crippen LogP) is 1.80. The molecule has 6 heteroatoms. The summed E-state index contributed by atoms with van der Waals surface area (Å²) in [5.74, 6) is 0.836. The molecule has 0 spiro atoms. The van der Waals surface area contributed by atoms with E-state index < -0.39 is 0 Å². The van der Waals surface area contributed by atoms with Gasteiger partial charge in [0.2, 0.25) is 5.91 Å². The number of carbonyl (C=O) groups excluding carboxylic acids is 1. The fraction of sp³-hybridized carbons (Fsp3) is 0.286. The third-order valence-corrected chi connectivity index (χ3v) is 3.63. The van der Waals surface area contributed by atoms with Gasteiger partial charge in [-0.3, -0.25) is 4.79 Å². The Bertz CT molecular complexity index is 569. The summed E-state index contributed by atoms with van der Waals surface area (Å²) >= 11 is 1.59. The predicted molar refractivity (Wildman–Crippen MR) is 82.9 cm³/mol. The van der Waals surface area contributed by atoms with Crippen LogP contribution >= 0.6 is 11.3 Å². The molecule has 106 valence electrons. The molecule has 20 heavy (non-hydrogen) atoms. The molecule has 0 radical (unpaired) electrons. The number of pyridine rings is 1. The van der Waals surface area contributed by atoms with Gasteiger partial charge < -0.3 is 16.4 Å². The normalized spacial score (nSPS) is 10.2. The molecule has 0 saturated heterocycles. The second-order valence-electron chi connectivity index (χ2n) is 4.47. The summed E-state index contributed by atoms with van der Waals surface area (Å²) in [4.78, 5) is 17.0. The van der Waals surface area contributed by atoms with E-state index in [9.17, 15) is 4.79 Å². The van der Waals surface area contributed by atoms with Crippen LogP contribution in [0.15, 0.2) is 29.8 Å². The first kappa shape index (κ1) is 14.3. The molecule has 0 aliphatic heterocycles.